The van der Waals surface area contributed by atoms with E-state index in [9.17, 15) is 0 Å². The van der Waals surface area contributed by atoms with Crippen molar-refractivity contribution in [2.45, 2.75) is 53.9 Å². The van der Waals surface area contributed by atoms with E-state index in [1.54, 1.807) is 0 Å². The van der Waals surface area contributed by atoms with Gasteiger partial charge in [0.1, 0.15) is 0 Å². The molecule has 1 heteroatoms. The summed E-state index contributed by atoms with van der Waals surface area (Å²) in [5.74, 6) is 0. The van der Waals surface area contributed by atoms with Crippen LogP contribution in [0.5, 0.6) is 0 Å². The van der Waals surface area contributed by atoms with Crippen molar-refractivity contribution in [2.24, 2.45) is 4.99 Å². The number of aryl methyl sites for hydroxylation is 2. The number of benzene rings is 1. The van der Waals surface area contributed by atoms with Crippen LogP contribution in [0.15, 0.2) is 64.8 Å². The Hall–Kier alpha value is -1.89. The lowest BCUT2D eigenvalue weighted by atomic mass is 10.0. The molecular weight excluding hydrogens is 266 g/mol. The Morgan fingerprint density at radius 1 is 1.00 bits per heavy atom. The van der Waals surface area contributed by atoms with Crippen LogP contribution in [0.25, 0.3) is 0 Å². The number of hydrogen-bond donors (Lipinski definition) is 0. The highest BCUT2D eigenvalue weighted by molar-refractivity contribution is 5.83. The van der Waals surface area contributed by atoms with Gasteiger partial charge in [-0.15, -0.1) is 0 Å². The van der Waals surface area contributed by atoms with Crippen LogP contribution in [0.3, 0.4) is 0 Å². The summed E-state index contributed by atoms with van der Waals surface area (Å²) in [6, 6.07) is 8.73. The highest BCUT2D eigenvalue weighted by Crippen LogP contribution is 2.20. The molecule has 0 fully saturated rings. The normalized spacial score (nSPS) is 12.9. The van der Waals surface area contributed by atoms with Crippen LogP contribution in [0.1, 0.15) is 51.7 Å². The molecule has 0 saturated carbocycles. The van der Waals surface area contributed by atoms with Crippen LogP contribution in [0.4, 0.5) is 0 Å². The molecule has 0 amide bonds. The van der Waals surface area contributed by atoms with Crippen LogP contribution in [-0.2, 0) is 6.42 Å². The lowest BCUT2D eigenvalue weighted by Crippen LogP contribution is -1.97. The third kappa shape index (κ3) is 6.26. The standard InChI is InChI=1S/C21H29N/c1-15(2)14-17(4)19(6)20(7)22-18(5)10-13-21-11-8-16(3)9-12-21/h8-9,11-12H,1,4,10,13-14H2,2-3,5-7H3/b20-19+,22-18?. The van der Waals surface area contributed by atoms with E-state index in [2.05, 4.69) is 65.1 Å². The van der Waals surface area contributed by atoms with E-state index >= 15 is 0 Å². The minimum absolute atomic E-state index is 0.848. The van der Waals surface area contributed by atoms with Crippen molar-refractivity contribution < 1.29 is 0 Å². The summed E-state index contributed by atoms with van der Waals surface area (Å²) in [6.07, 6.45) is 2.87. The lowest BCUT2D eigenvalue weighted by Gasteiger charge is -2.09. The fraction of sp³-hybridized carbons (Fsp3) is 0.381. The maximum absolute atomic E-state index is 4.74. The molecule has 1 aromatic carbocycles. The number of allylic oxidation sites excluding steroid dienone is 4. The SMILES string of the molecule is C=C(C)CC(=C)/C(C)=C(\C)N=C(C)CCc1ccc(C)cc1. The first-order valence-electron chi connectivity index (χ1n) is 7.89. The molecule has 0 spiro atoms. The quantitative estimate of drug-likeness (QED) is 0.322. The molecule has 118 valence electrons. The zero-order valence-electron chi connectivity index (χ0n) is 14.8. The molecule has 0 unspecified atom stereocenters. The maximum atomic E-state index is 4.74. The largest absolute Gasteiger partial charge is 0.263 e. The average Bonchev–Trinajstić information content (AvgIpc) is 2.45. The van der Waals surface area contributed by atoms with Crippen LogP contribution >= 0.6 is 0 Å². The van der Waals surface area contributed by atoms with Crippen molar-refractivity contribution in [1.82, 2.24) is 0 Å². The summed E-state index contributed by atoms with van der Waals surface area (Å²) in [6.45, 7) is 18.5. The van der Waals surface area contributed by atoms with Gasteiger partial charge in [-0.2, -0.15) is 0 Å². The molecule has 0 N–H and O–H groups in total. The summed E-state index contributed by atoms with van der Waals surface area (Å²) < 4.78 is 0. The number of rotatable bonds is 7. The Morgan fingerprint density at radius 2 is 1.59 bits per heavy atom. The lowest BCUT2D eigenvalue weighted by molar-refractivity contribution is 1.02. The van der Waals surface area contributed by atoms with Crippen molar-refractivity contribution >= 4 is 5.71 Å². The smallest absolute Gasteiger partial charge is 0.0403 e. The highest BCUT2D eigenvalue weighted by Gasteiger charge is 2.03. The first kappa shape index (κ1) is 18.2. The number of aliphatic imine (C=N–C) groups is 1. The van der Waals surface area contributed by atoms with Gasteiger partial charge in [-0.25, -0.2) is 0 Å². The Morgan fingerprint density at radius 3 is 2.14 bits per heavy atom. The van der Waals surface area contributed by atoms with Crippen molar-refractivity contribution in [3.63, 3.8) is 0 Å². The van der Waals surface area contributed by atoms with E-state index in [1.807, 2.05) is 6.92 Å². The molecule has 0 bridgehead atoms. The fourth-order valence-electron chi connectivity index (χ4n) is 2.26. The van der Waals surface area contributed by atoms with Crippen molar-refractivity contribution in [3.05, 3.63) is 71.0 Å². The van der Waals surface area contributed by atoms with Crippen molar-refractivity contribution in [3.8, 4) is 0 Å². The zero-order valence-corrected chi connectivity index (χ0v) is 14.8. The summed E-state index contributed by atoms with van der Waals surface area (Å²) in [4.78, 5) is 4.74. The number of hydrogen-bond acceptors (Lipinski definition) is 1. The second-order valence-corrected chi connectivity index (χ2v) is 6.28. The van der Waals surface area contributed by atoms with Gasteiger partial charge in [0.2, 0.25) is 0 Å². The van der Waals surface area contributed by atoms with E-state index in [0.717, 1.165) is 36.1 Å². The summed E-state index contributed by atoms with van der Waals surface area (Å²) in [5.41, 5.74) is 8.33. The molecule has 0 aliphatic rings. The molecule has 0 aromatic heterocycles. The molecule has 0 aliphatic carbocycles. The van der Waals surface area contributed by atoms with Gasteiger partial charge in [-0.3, -0.25) is 4.99 Å². The van der Waals surface area contributed by atoms with Gasteiger partial charge in [-0.05, 0) is 70.6 Å². The Balaban J connectivity index is 2.68. The second kappa shape index (κ2) is 8.53. The first-order valence-corrected chi connectivity index (χ1v) is 7.89. The molecule has 22 heavy (non-hydrogen) atoms. The van der Waals surface area contributed by atoms with Crippen LogP contribution in [0.2, 0.25) is 0 Å². The summed E-state index contributed by atoms with van der Waals surface area (Å²) >= 11 is 0. The van der Waals surface area contributed by atoms with E-state index in [1.165, 1.54) is 22.4 Å². The average molecular weight is 295 g/mol. The van der Waals surface area contributed by atoms with Gasteiger partial charge in [0.05, 0.1) is 0 Å². The topological polar surface area (TPSA) is 12.4 Å². The molecule has 0 radical (unpaired) electrons. The van der Waals surface area contributed by atoms with Crippen molar-refractivity contribution in [2.75, 3.05) is 0 Å². The van der Waals surface area contributed by atoms with Gasteiger partial charge in [0, 0.05) is 11.4 Å². The minimum atomic E-state index is 0.848. The molecule has 1 rings (SSSR count). The third-order valence-corrected chi connectivity index (χ3v) is 3.84. The van der Waals surface area contributed by atoms with Gasteiger partial charge in [-0.1, -0.05) is 48.6 Å². The van der Waals surface area contributed by atoms with Gasteiger partial charge in [0.25, 0.3) is 0 Å². The van der Waals surface area contributed by atoms with Crippen LogP contribution < -0.4 is 0 Å². The predicted octanol–water partition coefficient (Wildman–Crippen LogP) is 6.20. The maximum Gasteiger partial charge on any atom is 0.0403 e. The first-order chi connectivity index (χ1) is 10.3. The Labute approximate surface area is 136 Å². The molecule has 0 saturated heterocycles. The second-order valence-electron chi connectivity index (χ2n) is 6.28. The molecular formula is C21H29N. The zero-order chi connectivity index (χ0) is 16.7. The number of nitrogens with zero attached hydrogens (tertiary/aromatic N) is 1. The Bertz CT molecular complexity index is 597. The predicted molar refractivity (Wildman–Crippen MR) is 99.6 cm³/mol. The molecule has 1 nitrogen and oxygen atoms in total. The minimum Gasteiger partial charge on any atom is -0.263 e. The van der Waals surface area contributed by atoms with Gasteiger partial charge < -0.3 is 0 Å². The summed E-state index contributed by atoms with van der Waals surface area (Å²) in [7, 11) is 0. The van der Waals surface area contributed by atoms with Crippen LogP contribution in [-0.4, -0.2) is 5.71 Å². The molecule has 1 aromatic rings. The van der Waals surface area contributed by atoms with E-state index in [4.69, 9.17) is 4.99 Å². The van der Waals surface area contributed by atoms with Gasteiger partial charge >= 0.3 is 0 Å². The van der Waals surface area contributed by atoms with Gasteiger partial charge in [0.15, 0.2) is 0 Å². The fourth-order valence-corrected chi connectivity index (χ4v) is 2.26. The van der Waals surface area contributed by atoms with Crippen LogP contribution in [0, 0.1) is 6.92 Å². The monoisotopic (exact) mass is 295 g/mol. The van der Waals surface area contributed by atoms with E-state index in [0.29, 0.717) is 0 Å². The summed E-state index contributed by atoms with van der Waals surface area (Å²) in [5, 5.41) is 0. The van der Waals surface area contributed by atoms with E-state index in [-0.39, 0.29) is 0 Å². The molecule has 0 aliphatic heterocycles. The Kier molecular flexibility index (Phi) is 7.04. The van der Waals surface area contributed by atoms with Crippen molar-refractivity contribution in [1.29, 1.82) is 0 Å². The highest BCUT2D eigenvalue weighted by atomic mass is 14.7. The molecule has 0 heterocycles. The van der Waals surface area contributed by atoms with E-state index < -0.39 is 0 Å². The third-order valence-electron chi connectivity index (χ3n) is 3.84. The molecule has 0 atom stereocenters.